The number of aromatic nitrogens is 4. The van der Waals surface area contributed by atoms with Gasteiger partial charge in [-0.25, -0.2) is 14.4 Å². The normalized spacial score (nSPS) is 12.5. The number of hydrogen-bond acceptors (Lipinski definition) is 4. The maximum Gasteiger partial charge on any atom is 0.226 e. The molecule has 1 amide bonds. The molecule has 0 saturated carbocycles. The van der Waals surface area contributed by atoms with E-state index in [0.29, 0.717) is 0 Å². The first-order valence-electron chi connectivity index (χ1n) is 9.52. The van der Waals surface area contributed by atoms with E-state index in [4.69, 9.17) is 0 Å². The molecule has 1 atom stereocenters. The minimum Gasteiger partial charge on any atom is -0.346 e. The Morgan fingerprint density at radius 2 is 2.00 bits per heavy atom. The Morgan fingerprint density at radius 1 is 1.20 bits per heavy atom. The predicted molar refractivity (Wildman–Crippen MR) is 115 cm³/mol. The third kappa shape index (κ3) is 3.46. The smallest absolute Gasteiger partial charge is 0.226 e. The largest absolute Gasteiger partial charge is 0.346 e. The third-order valence-electron chi connectivity index (χ3n) is 4.96. The fourth-order valence-corrected chi connectivity index (χ4v) is 4.29. The number of rotatable bonds is 5. The number of halogens is 1. The Morgan fingerprint density at radius 3 is 2.80 bits per heavy atom. The van der Waals surface area contributed by atoms with Crippen LogP contribution < -0.4 is 5.32 Å². The SMILES string of the molecule is CC(NC(=O)Cc1csc2nc(-c3ccc(F)cc3)cn12)c1nc2ccccc2[nH]1. The number of benzene rings is 2. The molecule has 2 aromatic carbocycles. The second kappa shape index (κ2) is 7.38. The zero-order valence-corrected chi connectivity index (χ0v) is 16.9. The first-order valence-corrected chi connectivity index (χ1v) is 10.4. The van der Waals surface area contributed by atoms with E-state index in [1.165, 1.54) is 23.5 Å². The van der Waals surface area contributed by atoms with Crippen LogP contribution in [0.5, 0.6) is 0 Å². The van der Waals surface area contributed by atoms with Crippen molar-refractivity contribution in [3.8, 4) is 11.3 Å². The number of carbonyl (C=O) groups excluding carboxylic acids is 1. The topological polar surface area (TPSA) is 75.1 Å². The molecule has 3 heterocycles. The van der Waals surface area contributed by atoms with Crippen LogP contribution in [0.25, 0.3) is 27.3 Å². The van der Waals surface area contributed by atoms with Crippen LogP contribution in [0.4, 0.5) is 4.39 Å². The molecule has 0 saturated heterocycles. The van der Waals surface area contributed by atoms with Crippen LogP contribution in [0.1, 0.15) is 24.5 Å². The second-order valence-electron chi connectivity index (χ2n) is 7.12. The lowest BCUT2D eigenvalue weighted by Crippen LogP contribution is -2.29. The molecule has 0 aliphatic carbocycles. The average Bonchev–Trinajstić information content (AvgIpc) is 3.43. The van der Waals surface area contributed by atoms with Gasteiger partial charge in [0.25, 0.3) is 0 Å². The van der Waals surface area contributed by atoms with Crippen LogP contribution in [-0.2, 0) is 11.2 Å². The van der Waals surface area contributed by atoms with Crippen molar-refractivity contribution in [1.29, 1.82) is 0 Å². The average molecular weight is 419 g/mol. The van der Waals surface area contributed by atoms with Gasteiger partial charge in [0.05, 0.1) is 29.2 Å². The minimum absolute atomic E-state index is 0.0975. The summed E-state index contributed by atoms with van der Waals surface area (Å²) in [5.74, 6) is 0.344. The lowest BCUT2D eigenvalue weighted by molar-refractivity contribution is -0.121. The summed E-state index contributed by atoms with van der Waals surface area (Å²) in [7, 11) is 0. The second-order valence-corrected chi connectivity index (χ2v) is 7.95. The van der Waals surface area contributed by atoms with Crippen LogP contribution in [0.15, 0.2) is 60.1 Å². The van der Waals surface area contributed by atoms with Gasteiger partial charge in [-0.05, 0) is 43.3 Å². The number of H-pyrrole nitrogens is 1. The molecule has 0 fully saturated rings. The van der Waals surface area contributed by atoms with E-state index in [1.807, 2.05) is 47.2 Å². The Kier molecular flexibility index (Phi) is 4.55. The number of para-hydroxylation sites is 2. The van der Waals surface area contributed by atoms with Gasteiger partial charge >= 0.3 is 0 Å². The molecule has 1 unspecified atom stereocenters. The van der Waals surface area contributed by atoms with Gasteiger partial charge in [-0.15, -0.1) is 11.3 Å². The summed E-state index contributed by atoms with van der Waals surface area (Å²) in [4.78, 5) is 25.8. The first-order chi connectivity index (χ1) is 14.6. The standard InChI is InChI=1S/C22H18FN5OS/c1-13(21-25-17-4-2-3-5-18(17)26-21)24-20(29)10-16-12-30-22-27-19(11-28(16)22)14-6-8-15(23)9-7-14/h2-9,11-13H,10H2,1H3,(H,24,29)(H,25,26). The Balaban J connectivity index is 1.32. The molecule has 3 aromatic heterocycles. The monoisotopic (exact) mass is 419 g/mol. The van der Waals surface area contributed by atoms with Gasteiger partial charge in [-0.2, -0.15) is 0 Å². The fourth-order valence-electron chi connectivity index (χ4n) is 3.42. The lowest BCUT2D eigenvalue weighted by Gasteiger charge is -2.11. The molecule has 0 spiro atoms. The van der Waals surface area contributed by atoms with E-state index < -0.39 is 0 Å². The van der Waals surface area contributed by atoms with E-state index in [0.717, 1.165) is 38.8 Å². The molecule has 0 bridgehead atoms. The number of nitrogens with zero attached hydrogens (tertiary/aromatic N) is 3. The number of nitrogens with one attached hydrogen (secondary N) is 2. The van der Waals surface area contributed by atoms with Gasteiger partial charge in [-0.3, -0.25) is 9.20 Å². The molecular formula is C22H18FN5OS. The quantitative estimate of drug-likeness (QED) is 0.441. The number of fused-ring (bicyclic) bond motifs is 2. The van der Waals surface area contributed by atoms with Crippen LogP contribution >= 0.6 is 11.3 Å². The molecule has 5 aromatic rings. The summed E-state index contributed by atoms with van der Waals surface area (Å²) < 4.78 is 15.1. The summed E-state index contributed by atoms with van der Waals surface area (Å²) in [6.45, 7) is 1.91. The van der Waals surface area contributed by atoms with E-state index >= 15 is 0 Å². The molecule has 0 aliphatic rings. The predicted octanol–water partition coefficient (Wildman–Crippen LogP) is 4.50. The highest BCUT2D eigenvalue weighted by Gasteiger charge is 2.16. The van der Waals surface area contributed by atoms with Crippen molar-refractivity contribution in [2.45, 2.75) is 19.4 Å². The highest BCUT2D eigenvalue weighted by molar-refractivity contribution is 7.15. The van der Waals surface area contributed by atoms with Crippen molar-refractivity contribution in [1.82, 2.24) is 24.7 Å². The van der Waals surface area contributed by atoms with Gasteiger partial charge in [0, 0.05) is 22.8 Å². The molecule has 5 rings (SSSR count). The summed E-state index contributed by atoms with van der Waals surface area (Å²) in [6.07, 6.45) is 2.11. The lowest BCUT2D eigenvalue weighted by atomic mass is 10.2. The summed E-state index contributed by atoms with van der Waals surface area (Å²) >= 11 is 1.47. The fraction of sp³-hybridized carbons (Fsp3) is 0.136. The molecule has 0 aliphatic heterocycles. The van der Waals surface area contributed by atoms with Crippen LogP contribution in [0, 0.1) is 5.82 Å². The maximum atomic E-state index is 13.2. The van der Waals surface area contributed by atoms with Crippen LogP contribution in [0.3, 0.4) is 0 Å². The number of carbonyl (C=O) groups is 1. The minimum atomic E-state index is -0.282. The van der Waals surface area contributed by atoms with Gasteiger partial charge in [0.15, 0.2) is 4.96 Å². The van der Waals surface area contributed by atoms with E-state index in [9.17, 15) is 9.18 Å². The van der Waals surface area contributed by atoms with Crippen molar-refractivity contribution in [2.24, 2.45) is 0 Å². The van der Waals surface area contributed by atoms with Gasteiger partial charge < -0.3 is 10.3 Å². The Labute approximate surface area is 175 Å². The number of amides is 1. The highest BCUT2D eigenvalue weighted by Crippen LogP contribution is 2.24. The molecule has 30 heavy (non-hydrogen) atoms. The zero-order chi connectivity index (χ0) is 20.7. The molecule has 2 N–H and O–H groups in total. The van der Waals surface area contributed by atoms with Crippen molar-refractivity contribution < 1.29 is 9.18 Å². The number of hydrogen-bond donors (Lipinski definition) is 2. The first kappa shape index (κ1) is 18.5. The number of imidazole rings is 2. The van der Waals surface area contributed by atoms with Crippen LogP contribution in [-0.4, -0.2) is 25.3 Å². The summed E-state index contributed by atoms with van der Waals surface area (Å²) in [6, 6.07) is 13.8. The third-order valence-corrected chi connectivity index (χ3v) is 5.85. The van der Waals surface area contributed by atoms with Crippen molar-refractivity contribution in [3.63, 3.8) is 0 Å². The van der Waals surface area contributed by atoms with Gasteiger partial charge in [-0.1, -0.05) is 12.1 Å². The Hall–Kier alpha value is -3.52. The molecular weight excluding hydrogens is 401 g/mol. The maximum absolute atomic E-state index is 13.2. The van der Waals surface area contributed by atoms with Crippen LogP contribution in [0.2, 0.25) is 0 Å². The molecule has 6 nitrogen and oxygen atoms in total. The van der Waals surface area contributed by atoms with Gasteiger partial charge in [0.1, 0.15) is 11.6 Å². The van der Waals surface area contributed by atoms with Crippen molar-refractivity contribution in [2.75, 3.05) is 0 Å². The van der Waals surface area contributed by atoms with Crippen molar-refractivity contribution >= 4 is 33.2 Å². The zero-order valence-electron chi connectivity index (χ0n) is 16.1. The summed E-state index contributed by atoms with van der Waals surface area (Å²) in [5, 5.41) is 4.93. The van der Waals surface area contributed by atoms with E-state index in [-0.39, 0.29) is 24.2 Å². The molecule has 150 valence electrons. The van der Waals surface area contributed by atoms with E-state index in [2.05, 4.69) is 20.3 Å². The van der Waals surface area contributed by atoms with Gasteiger partial charge in [0.2, 0.25) is 5.91 Å². The van der Waals surface area contributed by atoms with E-state index in [1.54, 1.807) is 12.1 Å². The number of aromatic amines is 1. The number of thiazole rings is 1. The summed E-state index contributed by atoms with van der Waals surface area (Å²) in [5.41, 5.74) is 4.25. The highest BCUT2D eigenvalue weighted by atomic mass is 32.1. The Bertz CT molecular complexity index is 1320. The molecule has 0 radical (unpaired) electrons. The molecule has 8 heteroatoms. The van der Waals surface area contributed by atoms with Crippen molar-refractivity contribution in [3.05, 3.63) is 77.4 Å².